The Morgan fingerprint density at radius 2 is 1.26 bits per heavy atom. The van der Waals surface area contributed by atoms with E-state index in [2.05, 4.69) is 0 Å². The third kappa shape index (κ3) is 4.00. The van der Waals surface area contributed by atoms with Crippen molar-refractivity contribution in [1.82, 2.24) is 0 Å². The molecule has 0 aliphatic heterocycles. The number of carbonyl (C=O) groups excluding carboxylic acids is 1. The lowest BCUT2D eigenvalue weighted by molar-refractivity contribution is 0.103. The molecule has 0 fully saturated rings. The Labute approximate surface area is 159 Å². The van der Waals surface area contributed by atoms with Crippen molar-refractivity contribution in [3.63, 3.8) is 0 Å². The summed E-state index contributed by atoms with van der Waals surface area (Å²) in [4.78, 5) is 13.3. The fourth-order valence-electron chi connectivity index (χ4n) is 2.78. The van der Waals surface area contributed by atoms with Crippen LogP contribution in [-0.2, 0) is 0 Å². The van der Waals surface area contributed by atoms with Crippen LogP contribution < -0.4 is 23.7 Å². The Bertz CT molecular complexity index is 829. The topological polar surface area (TPSA) is 63.2 Å². The molecular weight excluding hydrogens is 348 g/mol. The van der Waals surface area contributed by atoms with Crippen molar-refractivity contribution < 1.29 is 28.5 Å². The van der Waals surface area contributed by atoms with Crippen molar-refractivity contribution >= 4 is 11.9 Å². The van der Waals surface area contributed by atoms with Crippen molar-refractivity contribution in [2.24, 2.45) is 0 Å². The van der Waals surface area contributed by atoms with Gasteiger partial charge in [0.2, 0.25) is 5.75 Å². The molecule has 0 N–H and O–H groups in total. The molecule has 0 unspecified atom stereocenters. The fraction of sp³-hybridized carbons (Fsp3) is 0.286. The molecule has 2 aromatic rings. The van der Waals surface area contributed by atoms with Crippen LogP contribution in [0.2, 0.25) is 0 Å². The molecule has 2 aromatic carbocycles. The zero-order chi connectivity index (χ0) is 20.0. The minimum Gasteiger partial charge on any atom is -0.493 e. The number of ether oxygens (including phenoxy) is 5. The largest absolute Gasteiger partial charge is 0.493 e. The second-order valence-corrected chi connectivity index (χ2v) is 5.54. The van der Waals surface area contributed by atoms with Crippen LogP contribution in [-0.4, -0.2) is 41.3 Å². The number of ketones is 1. The number of hydrogen-bond donors (Lipinski definition) is 0. The monoisotopic (exact) mass is 372 g/mol. The van der Waals surface area contributed by atoms with Gasteiger partial charge in [-0.3, -0.25) is 4.79 Å². The van der Waals surface area contributed by atoms with E-state index in [9.17, 15) is 4.79 Å². The molecule has 0 atom stereocenters. The molecular formula is C21H24O6. The summed E-state index contributed by atoms with van der Waals surface area (Å²) in [7, 11) is 7.61. The van der Waals surface area contributed by atoms with E-state index in [0.29, 0.717) is 45.4 Å². The first kappa shape index (κ1) is 20.2. The van der Waals surface area contributed by atoms with Gasteiger partial charge in [0.25, 0.3) is 0 Å². The second-order valence-electron chi connectivity index (χ2n) is 5.54. The minimum absolute atomic E-state index is 0.205. The molecule has 0 saturated carbocycles. The lowest BCUT2D eigenvalue weighted by atomic mass is 9.96. The van der Waals surface area contributed by atoms with Crippen LogP contribution >= 0.6 is 0 Å². The van der Waals surface area contributed by atoms with Gasteiger partial charge in [-0.25, -0.2) is 0 Å². The Morgan fingerprint density at radius 3 is 1.70 bits per heavy atom. The predicted molar refractivity (Wildman–Crippen MR) is 104 cm³/mol. The second kappa shape index (κ2) is 8.98. The third-order valence-electron chi connectivity index (χ3n) is 4.07. The van der Waals surface area contributed by atoms with Gasteiger partial charge >= 0.3 is 0 Å². The van der Waals surface area contributed by atoms with E-state index in [1.54, 1.807) is 31.4 Å². The number of rotatable bonds is 8. The number of hydrogen-bond acceptors (Lipinski definition) is 6. The van der Waals surface area contributed by atoms with Gasteiger partial charge in [-0.05, 0) is 36.8 Å². The van der Waals surface area contributed by atoms with Gasteiger partial charge < -0.3 is 23.7 Å². The summed E-state index contributed by atoms with van der Waals surface area (Å²) in [5.74, 6) is 2.07. The predicted octanol–water partition coefficient (Wildman–Crippen LogP) is 3.99. The normalized spacial score (nSPS) is 10.6. The van der Waals surface area contributed by atoms with E-state index >= 15 is 0 Å². The van der Waals surface area contributed by atoms with Gasteiger partial charge in [0.05, 0.1) is 35.5 Å². The summed E-state index contributed by atoms with van der Waals surface area (Å²) in [6.07, 6.45) is 3.69. The molecule has 6 heteroatoms. The highest BCUT2D eigenvalue weighted by atomic mass is 16.5. The zero-order valence-electron chi connectivity index (χ0n) is 16.4. The summed E-state index contributed by atoms with van der Waals surface area (Å²) < 4.78 is 26.7. The molecule has 0 radical (unpaired) electrons. The minimum atomic E-state index is -0.205. The van der Waals surface area contributed by atoms with E-state index < -0.39 is 0 Å². The summed E-state index contributed by atoms with van der Waals surface area (Å²) >= 11 is 0. The molecule has 0 amide bonds. The van der Waals surface area contributed by atoms with Crippen molar-refractivity contribution in [2.75, 3.05) is 35.5 Å². The first-order chi connectivity index (χ1) is 13.0. The summed E-state index contributed by atoms with van der Waals surface area (Å²) in [6.45, 7) is 1.88. The van der Waals surface area contributed by atoms with Gasteiger partial charge in [0, 0.05) is 11.1 Å². The molecule has 0 bridgehead atoms. The fourth-order valence-corrected chi connectivity index (χ4v) is 2.78. The first-order valence-electron chi connectivity index (χ1n) is 8.27. The number of allylic oxidation sites excluding steroid dienone is 1. The van der Waals surface area contributed by atoms with Crippen LogP contribution in [0.15, 0.2) is 30.3 Å². The van der Waals surface area contributed by atoms with E-state index in [-0.39, 0.29) is 5.78 Å². The molecule has 0 aromatic heterocycles. The van der Waals surface area contributed by atoms with Crippen LogP contribution in [0.3, 0.4) is 0 Å². The van der Waals surface area contributed by atoms with Crippen molar-refractivity contribution in [2.45, 2.75) is 6.92 Å². The molecule has 27 heavy (non-hydrogen) atoms. The van der Waals surface area contributed by atoms with Gasteiger partial charge in [-0.1, -0.05) is 12.2 Å². The Kier molecular flexibility index (Phi) is 6.71. The van der Waals surface area contributed by atoms with Gasteiger partial charge in [0.1, 0.15) is 0 Å². The average molecular weight is 372 g/mol. The van der Waals surface area contributed by atoms with Crippen LogP contribution in [0.5, 0.6) is 28.7 Å². The highest BCUT2D eigenvalue weighted by Crippen LogP contribution is 2.39. The molecule has 0 heterocycles. The SMILES string of the molecule is CC=Cc1cc(OC)c(OC)cc1C(=O)c1cc(OC)c(OC)c(OC)c1. The van der Waals surface area contributed by atoms with Crippen LogP contribution in [0, 0.1) is 0 Å². The molecule has 0 spiro atoms. The molecule has 0 aliphatic carbocycles. The summed E-state index contributed by atoms with van der Waals surface area (Å²) in [6, 6.07) is 6.68. The van der Waals surface area contributed by atoms with Crippen LogP contribution in [0.4, 0.5) is 0 Å². The Hall–Kier alpha value is -3.15. The van der Waals surface area contributed by atoms with E-state index in [4.69, 9.17) is 23.7 Å². The smallest absolute Gasteiger partial charge is 0.203 e. The van der Waals surface area contributed by atoms with Crippen LogP contribution in [0.25, 0.3) is 6.08 Å². The van der Waals surface area contributed by atoms with E-state index in [1.165, 1.54) is 28.4 Å². The third-order valence-corrected chi connectivity index (χ3v) is 4.07. The maximum atomic E-state index is 13.3. The lowest BCUT2D eigenvalue weighted by Crippen LogP contribution is -2.07. The van der Waals surface area contributed by atoms with Crippen molar-refractivity contribution in [1.29, 1.82) is 0 Å². The van der Waals surface area contributed by atoms with E-state index in [0.717, 1.165) is 0 Å². The lowest BCUT2D eigenvalue weighted by Gasteiger charge is -2.15. The highest BCUT2D eigenvalue weighted by molar-refractivity contribution is 6.12. The quantitative estimate of drug-likeness (QED) is 0.653. The number of benzene rings is 2. The van der Waals surface area contributed by atoms with Crippen molar-refractivity contribution in [3.8, 4) is 28.7 Å². The van der Waals surface area contributed by atoms with Crippen molar-refractivity contribution in [3.05, 3.63) is 47.0 Å². The number of carbonyl (C=O) groups is 1. The Balaban J connectivity index is 2.66. The number of methoxy groups -OCH3 is 5. The van der Waals surface area contributed by atoms with Gasteiger partial charge in [-0.2, -0.15) is 0 Å². The molecule has 2 rings (SSSR count). The molecule has 0 saturated heterocycles. The maximum absolute atomic E-state index is 13.3. The summed E-state index contributed by atoms with van der Waals surface area (Å²) in [5, 5.41) is 0. The summed E-state index contributed by atoms with van der Waals surface area (Å²) in [5.41, 5.74) is 1.59. The Morgan fingerprint density at radius 1 is 0.741 bits per heavy atom. The standard InChI is InChI=1S/C21H24O6/c1-7-8-13-9-16(23-2)17(24-3)12-15(13)20(22)14-10-18(25-4)21(27-6)19(11-14)26-5/h7-12H,1-6H3. The van der Waals surface area contributed by atoms with Gasteiger partial charge in [0.15, 0.2) is 28.8 Å². The van der Waals surface area contributed by atoms with E-state index in [1.807, 2.05) is 19.1 Å². The highest BCUT2D eigenvalue weighted by Gasteiger charge is 2.21. The molecule has 6 nitrogen and oxygen atoms in total. The average Bonchev–Trinajstić information content (AvgIpc) is 2.71. The first-order valence-corrected chi connectivity index (χ1v) is 8.27. The zero-order valence-corrected chi connectivity index (χ0v) is 16.4. The molecule has 0 aliphatic rings. The van der Waals surface area contributed by atoms with Gasteiger partial charge in [-0.15, -0.1) is 0 Å². The maximum Gasteiger partial charge on any atom is 0.203 e. The van der Waals surface area contributed by atoms with Crippen LogP contribution in [0.1, 0.15) is 28.4 Å². The molecule has 144 valence electrons.